The largest absolute Gasteiger partial charge is 0.380 e. The minimum atomic E-state index is 0.172. The predicted octanol–water partition coefficient (Wildman–Crippen LogP) is 2.76. The number of piperazine rings is 1. The zero-order chi connectivity index (χ0) is 22.9. The monoisotopic (exact) mass is 474 g/mol. The number of H-pyrrole nitrogens is 1. The third-order valence-corrected chi connectivity index (χ3v) is 7.28. The summed E-state index contributed by atoms with van der Waals surface area (Å²) in [6.45, 7) is 5.46. The Bertz CT molecular complexity index is 841. The van der Waals surface area contributed by atoms with E-state index in [2.05, 4.69) is 36.6 Å². The van der Waals surface area contributed by atoms with E-state index >= 15 is 0 Å². The van der Waals surface area contributed by atoms with Crippen LogP contribution in [0.15, 0.2) is 6.33 Å². The van der Waals surface area contributed by atoms with Crippen LogP contribution in [0.5, 0.6) is 0 Å². The van der Waals surface area contributed by atoms with Gasteiger partial charge in [-0.15, -0.1) is 0 Å². The first-order chi connectivity index (χ1) is 16.3. The number of aryl methyl sites for hydroxylation is 1. The summed E-state index contributed by atoms with van der Waals surface area (Å²) in [4.78, 5) is 19.2. The highest BCUT2D eigenvalue weighted by molar-refractivity contribution is 7.98. The van der Waals surface area contributed by atoms with E-state index in [0.29, 0.717) is 0 Å². The number of aromatic nitrogens is 5. The second-order valence-electron chi connectivity index (χ2n) is 8.93. The SMILES string of the molecule is COC(CCSC)CNc1nc2c(c(N3CCN(Cc4ncn[nH]4)CC3)n1)CCCCCC2. The van der Waals surface area contributed by atoms with Gasteiger partial charge in [0.25, 0.3) is 0 Å². The van der Waals surface area contributed by atoms with Crippen LogP contribution < -0.4 is 10.2 Å². The average molecular weight is 475 g/mol. The topological polar surface area (TPSA) is 95.1 Å². The summed E-state index contributed by atoms with van der Waals surface area (Å²) < 4.78 is 5.67. The summed E-state index contributed by atoms with van der Waals surface area (Å²) in [5.74, 6) is 3.91. The van der Waals surface area contributed by atoms with E-state index in [0.717, 1.165) is 81.9 Å². The van der Waals surface area contributed by atoms with Crippen LogP contribution in [0.25, 0.3) is 0 Å². The Morgan fingerprint density at radius 2 is 1.94 bits per heavy atom. The first kappa shape index (κ1) is 24.2. The molecule has 1 unspecified atom stereocenters. The van der Waals surface area contributed by atoms with Crippen LogP contribution in [0.1, 0.15) is 49.2 Å². The maximum atomic E-state index is 5.67. The van der Waals surface area contributed by atoms with Crippen LogP contribution in [-0.2, 0) is 24.1 Å². The van der Waals surface area contributed by atoms with Crippen LogP contribution in [0.3, 0.4) is 0 Å². The molecule has 2 aromatic rings. The summed E-state index contributed by atoms with van der Waals surface area (Å²) in [6.07, 6.45) is 12.1. The summed E-state index contributed by atoms with van der Waals surface area (Å²) in [5, 5.41) is 10.4. The fourth-order valence-electron chi connectivity index (χ4n) is 4.66. The highest BCUT2D eigenvalue weighted by Crippen LogP contribution is 2.29. The van der Waals surface area contributed by atoms with Crippen molar-refractivity contribution in [3.8, 4) is 0 Å². The van der Waals surface area contributed by atoms with Crippen molar-refractivity contribution in [2.45, 2.75) is 57.6 Å². The van der Waals surface area contributed by atoms with Gasteiger partial charge in [-0.25, -0.2) is 9.97 Å². The Kier molecular flexibility index (Phi) is 9.19. The smallest absolute Gasteiger partial charge is 0.224 e. The van der Waals surface area contributed by atoms with Crippen molar-refractivity contribution in [2.24, 2.45) is 0 Å². The maximum absolute atomic E-state index is 5.67. The van der Waals surface area contributed by atoms with Gasteiger partial charge in [-0.3, -0.25) is 10.00 Å². The second kappa shape index (κ2) is 12.5. The molecule has 1 atom stereocenters. The lowest BCUT2D eigenvalue weighted by atomic mass is 9.97. The zero-order valence-corrected chi connectivity index (χ0v) is 20.9. The van der Waals surface area contributed by atoms with Crippen LogP contribution in [0.4, 0.5) is 11.8 Å². The fraction of sp³-hybridized carbons (Fsp3) is 0.739. The van der Waals surface area contributed by atoms with Crippen molar-refractivity contribution < 1.29 is 4.74 Å². The van der Waals surface area contributed by atoms with Gasteiger partial charge in [0.1, 0.15) is 18.0 Å². The fourth-order valence-corrected chi connectivity index (χ4v) is 5.16. The van der Waals surface area contributed by atoms with E-state index in [1.54, 1.807) is 13.4 Å². The molecule has 1 aliphatic carbocycles. The Balaban J connectivity index is 1.47. The first-order valence-corrected chi connectivity index (χ1v) is 13.6. The van der Waals surface area contributed by atoms with Crippen LogP contribution in [-0.4, -0.2) is 88.0 Å². The number of hydrogen-bond acceptors (Lipinski definition) is 9. The summed E-state index contributed by atoms with van der Waals surface area (Å²) in [5.41, 5.74) is 2.61. The number of hydrogen-bond donors (Lipinski definition) is 2. The van der Waals surface area contributed by atoms with Gasteiger partial charge in [0.05, 0.1) is 18.3 Å². The quantitative estimate of drug-likeness (QED) is 0.539. The molecule has 33 heavy (non-hydrogen) atoms. The molecule has 3 heterocycles. The van der Waals surface area contributed by atoms with Gasteiger partial charge < -0.3 is 15.0 Å². The third kappa shape index (κ3) is 6.80. The number of fused-ring (bicyclic) bond motifs is 1. The molecule has 0 amide bonds. The highest BCUT2D eigenvalue weighted by Gasteiger charge is 2.24. The van der Waals surface area contributed by atoms with Crippen molar-refractivity contribution in [3.63, 3.8) is 0 Å². The van der Waals surface area contributed by atoms with Crippen LogP contribution in [0, 0.1) is 0 Å². The third-order valence-electron chi connectivity index (χ3n) is 6.64. The lowest BCUT2D eigenvalue weighted by Gasteiger charge is -2.36. The van der Waals surface area contributed by atoms with E-state index < -0.39 is 0 Å². The molecule has 2 aliphatic rings. The van der Waals surface area contributed by atoms with Gasteiger partial charge in [0.2, 0.25) is 5.95 Å². The van der Waals surface area contributed by atoms with Crippen LogP contribution >= 0.6 is 11.8 Å². The maximum Gasteiger partial charge on any atom is 0.224 e. The standard InChI is InChI=1S/C23H38N8OS/c1-32-18(9-14-33-2)15-24-23-27-20-8-6-4-3-5-7-19(20)22(28-23)31-12-10-30(11-13-31)16-21-25-17-26-29-21/h17-18H,3-16H2,1-2H3,(H,24,27,28)(H,25,26,29). The lowest BCUT2D eigenvalue weighted by Crippen LogP contribution is -2.47. The normalized spacial score (nSPS) is 18.4. The molecule has 1 saturated heterocycles. The first-order valence-electron chi connectivity index (χ1n) is 12.2. The van der Waals surface area contributed by atoms with Crippen molar-refractivity contribution in [2.75, 3.05) is 62.1 Å². The molecule has 1 fully saturated rings. The molecule has 2 aromatic heterocycles. The molecule has 0 saturated carbocycles. The zero-order valence-electron chi connectivity index (χ0n) is 20.1. The van der Waals surface area contributed by atoms with Crippen molar-refractivity contribution in [1.29, 1.82) is 0 Å². The molecule has 4 rings (SSSR count). The minimum Gasteiger partial charge on any atom is -0.380 e. The van der Waals surface area contributed by atoms with E-state index in [1.807, 2.05) is 11.8 Å². The number of nitrogens with zero attached hydrogens (tertiary/aromatic N) is 6. The van der Waals surface area contributed by atoms with E-state index in [1.165, 1.54) is 36.9 Å². The summed E-state index contributed by atoms with van der Waals surface area (Å²) in [6, 6.07) is 0. The van der Waals surface area contributed by atoms with Gasteiger partial charge >= 0.3 is 0 Å². The molecule has 10 heteroatoms. The van der Waals surface area contributed by atoms with Gasteiger partial charge in [-0.1, -0.05) is 12.8 Å². The Morgan fingerprint density at radius 1 is 1.12 bits per heavy atom. The Hall–Kier alpha value is -1.91. The highest BCUT2D eigenvalue weighted by atomic mass is 32.2. The summed E-state index contributed by atoms with van der Waals surface area (Å²) >= 11 is 1.85. The van der Waals surface area contributed by atoms with Crippen molar-refractivity contribution >= 4 is 23.5 Å². The summed E-state index contributed by atoms with van der Waals surface area (Å²) in [7, 11) is 1.79. The number of nitrogens with one attached hydrogen (secondary N) is 2. The molecular formula is C23H38N8OS. The van der Waals surface area contributed by atoms with Gasteiger partial charge in [0.15, 0.2) is 0 Å². The Labute approximate surface area is 201 Å². The number of thioether (sulfide) groups is 1. The molecule has 1 aliphatic heterocycles. The molecular weight excluding hydrogens is 436 g/mol. The molecule has 0 radical (unpaired) electrons. The van der Waals surface area contributed by atoms with Gasteiger partial charge in [0, 0.05) is 45.4 Å². The van der Waals surface area contributed by atoms with Crippen molar-refractivity contribution in [3.05, 3.63) is 23.4 Å². The number of anilines is 2. The molecule has 0 spiro atoms. The predicted molar refractivity (Wildman–Crippen MR) is 134 cm³/mol. The molecule has 182 valence electrons. The van der Waals surface area contributed by atoms with Crippen molar-refractivity contribution in [1.82, 2.24) is 30.0 Å². The second-order valence-corrected chi connectivity index (χ2v) is 9.91. The number of rotatable bonds is 10. The molecule has 2 N–H and O–H groups in total. The Morgan fingerprint density at radius 3 is 2.67 bits per heavy atom. The number of aromatic amines is 1. The number of methoxy groups -OCH3 is 1. The van der Waals surface area contributed by atoms with E-state index in [4.69, 9.17) is 14.7 Å². The molecule has 0 bridgehead atoms. The number of ether oxygens (including phenoxy) is 1. The van der Waals surface area contributed by atoms with E-state index in [-0.39, 0.29) is 6.10 Å². The average Bonchev–Trinajstić information content (AvgIpc) is 3.33. The van der Waals surface area contributed by atoms with E-state index in [9.17, 15) is 0 Å². The van der Waals surface area contributed by atoms with Crippen LogP contribution in [0.2, 0.25) is 0 Å². The van der Waals surface area contributed by atoms with Gasteiger partial charge in [-0.05, 0) is 44.1 Å². The lowest BCUT2D eigenvalue weighted by molar-refractivity contribution is 0.111. The van der Waals surface area contributed by atoms with Gasteiger partial charge in [-0.2, -0.15) is 21.8 Å². The molecule has 0 aromatic carbocycles. The molecule has 9 nitrogen and oxygen atoms in total. The minimum absolute atomic E-state index is 0.172.